The molecule has 3 N–H and O–H groups in total. The molecule has 4 nitrogen and oxygen atoms in total. The first-order valence-corrected chi connectivity index (χ1v) is 7.23. The Morgan fingerprint density at radius 2 is 1.80 bits per heavy atom. The lowest BCUT2D eigenvalue weighted by atomic mass is 10.0. The van der Waals surface area contributed by atoms with Gasteiger partial charge in [-0.1, -0.05) is 13.8 Å². The Bertz CT molecular complexity index is 419. The van der Waals surface area contributed by atoms with Crippen molar-refractivity contribution in [3.8, 4) is 11.5 Å². The molecule has 0 saturated carbocycles. The summed E-state index contributed by atoms with van der Waals surface area (Å²) in [6.45, 7) is 7.29. The van der Waals surface area contributed by atoms with Crippen molar-refractivity contribution in [2.24, 2.45) is 5.92 Å². The summed E-state index contributed by atoms with van der Waals surface area (Å²) in [5.41, 5.74) is 0.729. The van der Waals surface area contributed by atoms with E-state index < -0.39 is 0 Å². The highest BCUT2D eigenvalue weighted by molar-refractivity contribution is 5.40. The van der Waals surface area contributed by atoms with Crippen molar-refractivity contribution in [3.63, 3.8) is 0 Å². The van der Waals surface area contributed by atoms with Crippen molar-refractivity contribution in [1.82, 2.24) is 10.2 Å². The molecule has 2 unspecified atom stereocenters. The number of likely N-dealkylation sites (N-methyl/N-ethyl adjacent to an activating group) is 1. The summed E-state index contributed by atoms with van der Waals surface area (Å²) in [6, 6.07) is 5.08. The second-order valence-electron chi connectivity index (χ2n) is 6.12. The number of aromatic hydroxyl groups is 2. The molecule has 0 aliphatic carbocycles. The van der Waals surface area contributed by atoms with E-state index in [1.807, 2.05) is 6.92 Å². The monoisotopic (exact) mass is 280 g/mol. The maximum atomic E-state index is 9.86. The molecule has 1 aromatic carbocycles. The zero-order chi connectivity index (χ0) is 15.3. The van der Waals surface area contributed by atoms with Gasteiger partial charge in [-0.05, 0) is 51.6 Å². The molecule has 0 radical (unpaired) electrons. The third-order valence-electron chi connectivity index (χ3n) is 3.61. The van der Waals surface area contributed by atoms with Crippen molar-refractivity contribution >= 4 is 0 Å². The van der Waals surface area contributed by atoms with Crippen LogP contribution in [0.4, 0.5) is 0 Å². The van der Waals surface area contributed by atoms with Crippen LogP contribution in [-0.2, 0) is 0 Å². The van der Waals surface area contributed by atoms with Gasteiger partial charge in [0.25, 0.3) is 0 Å². The molecule has 0 spiro atoms. The molecule has 0 heterocycles. The first-order valence-electron chi connectivity index (χ1n) is 7.23. The molecular weight excluding hydrogens is 252 g/mol. The molecule has 114 valence electrons. The fraction of sp³-hybridized carbons (Fsp3) is 0.625. The highest BCUT2D eigenvalue weighted by atomic mass is 16.3. The molecule has 0 amide bonds. The van der Waals surface area contributed by atoms with Crippen molar-refractivity contribution in [2.75, 3.05) is 20.6 Å². The van der Waals surface area contributed by atoms with Gasteiger partial charge in [0.15, 0.2) is 0 Å². The van der Waals surface area contributed by atoms with E-state index in [9.17, 15) is 10.2 Å². The molecule has 0 fully saturated rings. The van der Waals surface area contributed by atoms with Crippen LogP contribution in [0.2, 0.25) is 0 Å². The Morgan fingerprint density at radius 1 is 1.15 bits per heavy atom. The largest absolute Gasteiger partial charge is 0.508 e. The van der Waals surface area contributed by atoms with Crippen LogP contribution in [-0.4, -0.2) is 41.8 Å². The van der Waals surface area contributed by atoms with Gasteiger partial charge in [-0.3, -0.25) is 0 Å². The van der Waals surface area contributed by atoms with Crippen molar-refractivity contribution < 1.29 is 10.2 Å². The van der Waals surface area contributed by atoms with E-state index >= 15 is 0 Å². The number of rotatable bonds is 7. The van der Waals surface area contributed by atoms with E-state index in [0.717, 1.165) is 18.5 Å². The number of phenolic OH excluding ortho intramolecular Hbond substituents is 2. The van der Waals surface area contributed by atoms with Crippen molar-refractivity contribution in [1.29, 1.82) is 0 Å². The Balaban J connectivity index is 2.65. The molecule has 4 heteroatoms. The van der Waals surface area contributed by atoms with E-state index in [0.29, 0.717) is 12.0 Å². The topological polar surface area (TPSA) is 55.7 Å². The minimum atomic E-state index is -0.00304. The van der Waals surface area contributed by atoms with E-state index in [1.54, 1.807) is 6.07 Å². The van der Waals surface area contributed by atoms with E-state index in [4.69, 9.17) is 0 Å². The Morgan fingerprint density at radius 3 is 2.35 bits per heavy atom. The Hall–Kier alpha value is -1.26. The van der Waals surface area contributed by atoms with Gasteiger partial charge in [-0.25, -0.2) is 0 Å². The molecule has 0 saturated heterocycles. The number of benzene rings is 1. The second-order valence-corrected chi connectivity index (χ2v) is 6.12. The normalized spacial score (nSPS) is 14.8. The molecule has 2 atom stereocenters. The predicted molar refractivity (Wildman–Crippen MR) is 83.1 cm³/mol. The maximum absolute atomic E-state index is 9.86. The molecule has 1 rings (SSSR count). The summed E-state index contributed by atoms with van der Waals surface area (Å²) >= 11 is 0. The van der Waals surface area contributed by atoms with Crippen LogP contribution in [0.1, 0.15) is 38.8 Å². The summed E-state index contributed by atoms with van der Waals surface area (Å²) in [6.07, 6.45) is 1.12. The van der Waals surface area contributed by atoms with Gasteiger partial charge in [0.2, 0.25) is 0 Å². The predicted octanol–water partition coefficient (Wildman–Crippen LogP) is 2.72. The molecule has 20 heavy (non-hydrogen) atoms. The van der Waals surface area contributed by atoms with E-state index in [2.05, 4.69) is 38.2 Å². The molecule has 0 aromatic heterocycles. The Labute approximate surface area is 122 Å². The summed E-state index contributed by atoms with van der Waals surface area (Å²) in [5, 5.41) is 22.8. The molecule has 0 aliphatic rings. The number of nitrogens with zero attached hydrogens (tertiary/aromatic N) is 1. The minimum absolute atomic E-state index is 0.00304. The lowest BCUT2D eigenvalue weighted by Gasteiger charge is -2.28. The first kappa shape index (κ1) is 16.8. The zero-order valence-electron chi connectivity index (χ0n) is 13.2. The third kappa shape index (κ3) is 5.02. The molecular formula is C16H28N2O2. The third-order valence-corrected chi connectivity index (χ3v) is 3.61. The average Bonchev–Trinajstić information content (AvgIpc) is 2.36. The van der Waals surface area contributed by atoms with Gasteiger partial charge < -0.3 is 20.4 Å². The van der Waals surface area contributed by atoms with Gasteiger partial charge in [0, 0.05) is 24.2 Å². The van der Waals surface area contributed by atoms with Crippen LogP contribution in [0.5, 0.6) is 11.5 Å². The molecule has 0 bridgehead atoms. The average molecular weight is 280 g/mol. The highest BCUT2D eigenvalue weighted by Gasteiger charge is 2.16. The highest BCUT2D eigenvalue weighted by Crippen LogP contribution is 2.27. The van der Waals surface area contributed by atoms with Crippen LogP contribution in [0.15, 0.2) is 18.2 Å². The van der Waals surface area contributed by atoms with E-state index in [-0.39, 0.29) is 17.5 Å². The first-order chi connectivity index (χ1) is 9.31. The van der Waals surface area contributed by atoms with Crippen LogP contribution >= 0.6 is 0 Å². The molecule has 0 aliphatic heterocycles. The number of hydrogen-bond acceptors (Lipinski definition) is 4. The van der Waals surface area contributed by atoms with Crippen molar-refractivity contribution in [3.05, 3.63) is 23.8 Å². The summed E-state index contributed by atoms with van der Waals surface area (Å²) < 4.78 is 0. The lowest BCUT2D eigenvalue weighted by molar-refractivity contribution is 0.241. The van der Waals surface area contributed by atoms with Crippen molar-refractivity contribution in [2.45, 2.75) is 39.3 Å². The number of hydrogen-bond donors (Lipinski definition) is 3. The standard InChI is InChI=1S/C16H28N2O2/c1-11(2)8-13(18(4)5)10-17-12(3)15-9-14(19)6-7-16(15)20/h6-7,9,11-13,17,19-20H,8,10H2,1-5H3. The number of nitrogens with one attached hydrogen (secondary N) is 1. The van der Waals surface area contributed by atoms with Gasteiger partial charge in [-0.15, -0.1) is 0 Å². The number of phenols is 2. The van der Waals surface area contributed by atoms with Gasteiger partial charge in [0.1, 0.15) is 11.5 Å². The van der Waals surface area contributed by atoms with Crippen LogP contribution in [0.25, 0.3) is 0 Å². The quantitative estimate of drug-likeness (QED) is 0.672. The summed E-state index contributed by atoms with van der Waals surface area (Å²) in [7, 11) is 4.18. The SMILES string of the molecule is CC(C)CC(CNC(C)c1cc(O)ccc1O)N(C)C. The molecule has 1 aromatic rings. The minimum Gasteiger partial charge on any atom is -0.508 e. The van der Waals surface area contributed by atoms with E-state index in [1.165, 1.54) is 12.1 Å². The summed E-state index contributed by atoms with van der Waals surface area (Å²) in [4.78, 5) is 2.22. The van der Waals surface area contributed by atoms with Crippen LogP contribution in [0, 0.1) is 5.92 Å². The van der Waals surface area contributed by atoms with Gasteiger partial charge in [-0.2, -0.15) is 0 Å². The van der Waals surface area contributed by atoms with Crippen LogP contribution in [0.3, 0.4) is 0 Å². The van der Waals surface area contributed by atoms with Gasteiger partial charge >= 0.3 is 0 Å². The maximum Gasteiger partial charge on any atom is 0.120 e. The van der Waals surface area contributed by atoms with Crippen LogP contribution < -0.4 is 5.32 Å². The fourth-order valence-corrected chi connectivity index (χ4v) is 2.33. The fourth-order valence-electron chi connectivity index (χ4n) is 2.33. The lowest BCUT2D eigenvalue weighted by Crippen LogP contribution is -2.39. The second kappa shape index (κ2) is 7.50. The smallest absolute Gasteiger partial charge is 0.120 e. The summed E-state index contributed by atoms with van der Waals surface area (Å²) in [5.74, 6) is 1.04. The van der Waals surface area contributed by atoms with Gasteiger partial charge in [0.05, 0.1) is 0 Å². The zero-order valence-corrected chi connectivity index (χ0v) is 13.2. The Kier molecular flexibility index (Phi) is 6.30.